The topological polar surface area (TPSA) is 37.3 Å². The van der Waals surface area contributed by atoms with Crippen LogP contribution >= 0.6 is 0 Å². The van der Waals surface area contributed by atoms with Crippen LogP contribution in [0.3, 0.4) is 0 Å². The number of aryl methyl sites for hydroxylation is 1. The fraction of sp³-hybridized carbons (Fsp3) is 0.182. The van der Waals surface area contributed by atoms with Crippen molar-refractivity contribution in [2.45, 2.75) is 13.1 Å². The number of halogens is 3. The summed E-state index contributed by atoms with van der Waals surface area (Å²) in [7, 11) is 0. The summed E-state index contributed by atoms with van der Waals surface area (Å²) in [6, 6.07) is 3.47. The summed E-state index contributed by atoms with van der Waals surface area (Å²) in [6.45, 7) is 1.33. The second-order valence-electron chi connectivity index (χ2n) is 3.24. The summed E-state index contributed by atoms with van der Waals surface area (Å²) in [5.41, 5.74) is -0.215. The van der Waals surface area contributed by atoms with Gasteiger partial charge in [-0.2, -0.15) is 13.2 Å². The van der Waals surface area contributed by atoms with Gasteiger partial charge >= 0.3 is 12.1 Å². The molecule has 0 atom stereocenters. The number of carboxylic acids is 1. The quantitative estimate of drug-likeness (QED) is 0.792. The van der Waals surface area contributed by atoms with E-state index in [1.807, 2.05) is 0 Å². The molecular weight excluding hydrogens is 221 g/mol. The lowest BCUT2D eigenvalue weighted by Gasteiger charge is -2.10. The molecule has 1 N–H and O–H groups in total. The van der Waals surface area contributed by atoms with Gasteiger partial charge in [0.2, 0.25) is 0 Å². The first-order valence-electron chi connectivity index (χ1n) is 4.39. The Morgan fingerprint density at radius 2 is 2.00 bits per heavy atom. The number of rotatable bonds is 2. The molecule has 0 saturated heterocycles. The van der Waals surface area contributed by atoms with Crippen LogP contribution in [0.1, 0.15) is 16.7 Å². The second-order valence-corrected chi connectivity index (χ2v) is 3.24. The molecule has 1 rings (SSSR count). The lowest BCUT2D eigenvalue weighted by molar-refractivity contribution is -0.138. The molecule has 0 radical (unpaired) electrons. The van der Waals surface area contributed by atoms with Gasteiger partial charge in [0.1, 0.15) is 0 Å². The van der Waals surface area contributed by atoms with E-state index in [4.69, 9.17) is 5.11 Å². The molecule has 0 spiro atoms. The van der Waals surface area contributed by atoms with Crippen LogP contribution in [-0.4, -0.2) is 11.1 Å². The van der Waals surface area contributed by atoms with E-state index in [-0.39, 0.29) is 5.56 Å². The van der Waals surface area contributed by atoms with Crippen LogP contribution in [0, 0.1) is 6.92 Å². The predicted molar refractivity (Wildman–Crippen MR) is 52.9 cm³/mol. The molecule has 0 unspecified atom stereocenters. The van der Waals surface area contributed by atoms with Crippen molar-refractivity contribution in [2.75, 3.05) is 0 Å². The summed E-state index contributed by atoms with van der Waals surface area (Å²) < 4.78 is 37.1. The number of aliphatic carboxylic acids is 1. The van der Waals surface area contributed by atoms with Gasteiger partial charge in [0.15, 0.2) is 0 Å². The van der Waals surface area contributed by atoms with Crippen LogP contribution in [0.2, 0.25) is 0 Å². The van der Waals surface area contributed by atoms with E-state index in [9.17, 15) is 18.0 Å². The second kappa shape index (κ2) is 4.38. The van der Waals surface area contributed by atoms with Gasteiger partial charge in [0.25, 0.3) is 0 Å². The lowest BCUT2D eigenvalue weighted by atomic mass is 10.0. The molecule has 0 saturated carbocycles. The van der Waals surface area contributed by atoms with E-state index in [0.29, 0.717) is 5.56 Å². The van der Waals surface area contributed by atoms with Crippen LogP contribution in [0.25, 0.3) is 6.08 Å². The fourth-order valence-corrected chi connectivity index (χ4v) is 1.28. The number of carboxylic acid groups (broad SMARTS) is 1. The molecule has 1 aromatic carbocycles. The van der Waals surface area contributed by atoms with Crippen molar-refractivity contribution in [2.24, 2.45) is 0 Å². The Kier molecular flexibility index (Phi) is 3.37. The third-order valence-electron chi connectivity index (χ3n) is 1.97. The maximum Gasteiger partial charge on any atom is 0.416 e. The summed E-state index contributed by atoms with van der Waals surface area (Å²) in [4.78, 5) is 10.2. The predicted octanol–water partition coefficient (Wildman–Crippen LogP) is 3.11. The molecule has 0 bridgehead atoms. The lowest BCUT2D eigenvalue weighted by Crippen LogP contribution is -2.07. The molecule has 16 heavy (non-hydrogen) atoms. The average Bonchev–Trinajstić information content (AvgIpc) is 2.12. The van der Waals surface area contributed by atoms with Gasteiger partial charge in [0, 0.05) is 6.08 Å². The molecule has 86 valence electrons. The molecule has 0 fully saturated rings. The van der Waals surface area contributed by atoms with E-state index in [0.717, 1.165) is 12.1 Å². The van der Waals surface area contributed by atoms with E-state index >= 15 is 0 Å². The van der Waals surface area contributed by atoms with E-state index in [2.05, 4.69) is 0 Å². The SMILES string of the molecule is Cc1cc(/C=C/C(=O)O)ccc1C(F)(F)F. The van der Waals surface area contributed by atoms with Gasteiger partial charge in [-0.15, -0.1) is 0 Å². The Bertz CT molecular complexity index is 433. The van der Waals surface area contributed by atoms with Gasteiger partial charge in [-0.1, -0.05) is 12.1 Å². The molecule has 0 aliphatic rings. The Labute approximate surface area is 90.0 Å². The highest BCUT2D eigenvalue weighted by Gasteiger charge is 2.31. The van der Waals surface area contributed by atoms with E-state index < -0.39 is 17.7 Å². The molecule has 0 aromatic heterocycles. The van der Waals surface area contributed by atoms with Crippen molar-refractivity contribution in [1.29, 1.82) is 0 Å². The van der Waals surface area contributed by atoms with Gasteiger partial charge in [-0.25, -0.2) is 4.79 Å². The molecule has 0 heterocycles. The average molecular weight is 230 g/mol. The minimum absolute atomic E-state index is 0.0695. The summed E-state index contributed by atoms with van der Waals surface area (Å²) in [5, 5.41) is 8.36. The summed E-state index contributed by atoms with van der Waals surface area (Å²) >= 11 is 0. The Hall–Kier alpha value is -1.78. The van der Waals surface area contributed by atoms with E-state index in [1.54, 1.807) is 0 Å². The first kappa shape index (κ1) is 12.3. The molecule has 0 aliphatic carbocycles. The summed E-state index contributed by atoms with van der Waals surface area (Å²) in [6.07, 6.45) is -2.25. The van der Waals surface area contributed by atoms with Crippen molar-refractivity contribution in [3.63, 3.8) is 0 Å². The number of hydrogen-bond donors (Lipinski definition) is 1. The van der Waals surface area contributed by atoms with Crippen molar-refractivity contribution in [3.8, 4) is 0 Å². The smallest absolute Gasteiger partial charge is 0.416 e. The van der Waals surface area contributed by atoms with Crippen molar-refractivity contribution < 1.29 is 23.1 Å². The minimum atomic E-state index is -4.38. The van der Waals surface area contributed by atoms with Crippen molar-refractivity contribution >= 4 is 12.0 Å². The first-order valence-corrected chi connectivity index (χ1v) is 4.39. The zero-order valence-electron chi connectivity index (χ0n) is 8.38. The molecule has 1 aromatic rings. The number of hydrogen-bond acceptors (Lipinski definition) is 1. The Morgan fingerprint density at radius 1 is 1.38 bits per heavy atom. The molecular formula is C11H9F3O2. The normalized spacial score (nSPS) is 12.0. The standard InChI is InChI=1S/C11H9F3O2/c1-7-6-8(3-5-10(15)16)2-4-9(7)11(12,13)14/h2-6H,1H3,(H,15,16)/b5-3+. The molecule has 0 amide bonds. The van der Waals surface area contributed by atoms with Crippen LogP contribution in [0.4, 0.5) is 13.2 Å². The highest BCUT2D eigenvalue weighted by atomic mass is 19.4. The highest BCUT2D eigenvalue weighted by molar-refractivity contribution is 5.85. The van der Waals surface area contributed by atoms with Gasteiger partial charge < -0.3 is 5.11 Å². The third kappa shape index (κ3) is 3.12. The maximum absolute atomic E-state index is 12.4. The van der Waals surface area contributed by atoms with Gasteiger partial charge in [-0.05, 0) is 30.2 Å². The van der Waals surface area contributed by atoms with Crippen LogP contribution < -0.4 is 0 Å². The number of carbonyl (C=O) groups is 1. The number of alkyl halides is 3. The monoisotopic (exact) mass is 230 g/mol. The van der Waals surface area contributed by atoms with Crippen molar-refractivity contribution in [3.05, 3.63) is 41.0 Å². The minimum Gasteiger partial charge on any atom is -0.478 e. The maximum atomic E-state index is 12.4. The highest BCUT2D eigenvalue weighted by Crippen LogP contribution is 2.32. The van der Waals surface area contributed by atoms with Crippen LogP contribution in [0.5, 0.6) is 0 Å². The third-order valence-corrected chi connectivity index (χ3v) is 1.97. The number of benzene rings is 1. The van der Waals surface area contributed by atoms with Gasteiger partial charge in [-0.3, -0.25) is 0 Å². The molecule has 0 aliphatic heterocycles. The Morgan fingerprint density at radius 3 is 2.44 bits per heavy atom. The molecule has 2 nitrogen and oxygen atoms in total. The zero-order chi connectivity index (χ0) is 12.3. The van der Waals surface area contributed by atoms with Gasteiger partial charge in [0.05, 0.1) is 5.56 Å². The van der Waals surface area contributed by atoms with Crippen LogP contribution in [0.15, 0.2) is 24.3 Å². The zero-order valence-corrected chi connectivity index (χ0v) is 8.38. The van der Waals surface area contributed by atoms with E-state index in [1.165, 1.54) is 25.1 Å². The molecule has 5 heteroatoms. The summed E-state index contributed by atoms with van der Waals surface area (Å²) in [5.74, 6) is -1.14. The largest absolute Gasteiger partial charge is 0.478 e. The fourth-order valence-electron chi connectivity index (χ4n) is 1.28. The Balaban J connectivity index is 3.05. The first-order chi connectivity index (χ1) is 7.30. The van der Waals surface area contributed by atoms with Crippen LogP contribution in [-0.2, 0) is 11.0 Å². The van der Waals surface area contributed by atoms with Crippen molar-refractivity contribution in [1.82, 2.24) is 0 Å².